The molecule has 26 heavy (non-hydrogen) atoms. The number of hydrogen-bond acceptors (Lipinski definition) is 4. The summed E-state index contributed by atoms with van der Waals surface area (Å²) in [6, 6.07) is 9.41. The van der Waals surface area contributed by atoms with E-state index in [1.807, 2.05) is 30.3 Å². The predicted molar refractivity (Wildman–Crippen MR) is 97.0 cm³/mol. The van der Waals surface area contributed by atoms with Crippen LogP contribution in [0.5, 0.6) is 0 Å². The van der Waals surface area contributed by atoms with Gasteiger partial charge in [-0.1, -0.05) is 30.3 Å². The Balaban J connectivity index is 1.72. The molecule has 1 aliphatic carbocycles. The lowest BCUT2D eigenvalue weighted by Crippen LogP contribution is -2.70. The van der Waals surface area contributed by atoms with Crippen molar-refractivity contribution in [3.8, 4) is 0 Å². The van der Waals surface area contributed by atoms with E-state index >= 15 is 0 Å². The van der Waals surface area contributed by atoms with Crippen molar-refractivity contribution in [1.82, 2.24) is 16.0 Å². The summed E-state index contributed by atoms with van der Waals surface area (Å²) in [7, 11) is 0. The largest absolute Gasteiger partial charge is 0.368 e. The summed E-state index contributed by atoms with van der Waals surface area (Å²) in [5.41, 5.74) is 4.43. The van der Waals surface area contributed by atoms with Gasteiger partial charge >= 0.3 is 0 Å². The van der Waals surface area contributed by atoms with Gasteiger partial charge in [0, 0.05) is 0 Å². The fourth-order valence-corrected chi connectivity index (χ4v) is 3.66. The Morgan fingerprint density at radius 1 is 0.962 bits per heavy atom. The fraction of sp³-hybridized carbons (Fsp3) is 0.526. The summed E-state index contributed by atoms with van der Waals surface area (Å²) in [6.07, 6.45) is 3.14. The van der Waals surface area contributed by atoms with Gasteiger partial charge in [-0.2, -0.15) is 0 Å². The molecule has 1 saturated heterocycles. The molecule has 1 aliphatic heterocycles. The molecule has 1 heterocycles. The van der Waals surface area contributed by atoms with Gasteiger partial charge in [-0.05, 0) is 50.8 Å². The van der Waals surface area contributed by atoms with Crippen LogP contribution in [-0.2, 0) is 20.8 Å². The van der Waals surface area contributed by atoms with Gasteiger partial charge in [0.15, 0.2) is 0 Å². The molecule has 2 aliphatic rings. The van der Waals surface area contributed by atoms with E-state index in [1.54, 1.807) is 0 Å². The Bertz CT molecular complexity index is 679. The normalized spacial score (nSPS) is 20.5. The van der Waals surface area contributed by atoms with Gasteiger partial charge in [0.2, 0.25) is 17.7 Å². The smallest absolute Gasteiger partial charge is 0.246 e. The zero-order chi connectivity index (χ0) is 18.6. The van der Waals surface area contributed by atoms with Crippen LogP contribution in [0.2, 0.25) is 0 Å². The number of benzene rings is 1. The van der Waals surface area contributed by atoms with Crippen LogP contribution >= 0.6 is 0 Å². The second kappa shape index (κ2) is 7.45. The predicted octanol–water partition coefficient (Wildman–Crippen LogP) is -0.00830. The molecule has 0 unspecified atom stereocenters. The number of amides is 3. The van der Waals surface area contributed by atoms with E-state index in [2.05, 4.69) is 16.0 Å². The molecular formula is C19H26N4O3. The van der Waals surface area contributed by atoms with Crippen LogP contribution in [0.1, 0.15) is 37.7 Å². The molecule has 3 amide bonds. The number of nitrogens with two attached hydrogens (primary N) is 1. The first-order chi connectivity index (χ1) is 12.5. The third kappa shape index (κ3) is 3.72. The lowest BCUT2D eigenvalue weighted by Gasteiger charge is -2.44. The number of rotatable bonds is 6. The van der Waals surface area contributed by atoms with Gasteiger partial charge in [0.05, 0.1) is 6.42 Å². The number of carbonyl (C=O) groups excluding carboxylic acids is 3. The van der Waals surface area contributed by atoms with Crippen molar-refractivity contribution < 1.29 is 14.4 Å². The molecule has 0 spiro atoms. The van der Waals surface area contributed by atoms with Gasteiger partial charge in [0.1, 0.15) is 11.1 Å². The van der Waals surface area contributed by atoms with Crippen LogP contribution in [0.15, 0.2) is 30.3 Å². The van der Waals surface area contributed by atoms with Crippen molar-refractivity contribution in [3.63, 3.8) is 0 Å². The van der Waals surface area contributed by atoms with Crippen LogP contribution in [0, 0.1) is 0 Å². The van der Waals surface area contributed by atoms with Crippen molar-refractivity contribution in [3.05, 3.63) is 35.9 Å². The first kappa shape index (κ1) is 18.4. The maximum absolute atomic E-state index is 13.1. The zero-order valence-electron chi connectivity index (χ0n) is 14.8. The fourth-order valence-electron chi connectivity index (χ4n) is 3.66. The van der Waals surface area contributed by atoms with E-state index in [-0.39, 0.29) is 18.2 Å². The minimum Gasteiger partial charge on any atom is -0.368 e. The molecule has 7 nitrogen and oxygen atoms in total. The topological polar surface area (TPSA) is 113 Å². The van der Waals surface area contributed by atoms with E-state index in [9.17, 15) is 14.4 Å². The van der Waals surface area contributed by atoms with Crippen molar-refractivity contribution in [2.45, 2.75) is 49.6 Å². The Hall–Kier alpha value is -2.41. The van der Waals surface area contributed by atoms with Gasteiger partial charge in [-0.25, -0.2) is 0 Å². The molecule has 0 atom stereocenters. The van der Waals surface area contributed by atoms with Crippen LogP contribution in [0.25, 0.3) is 0 Å². The molecule has 7 heteroatoms. The molecule has 1 aromatic rings. The molecule has 1 aromatic carbocycles. The molecule has 5 N–H and O–H groups in total. The van der Waals surface area contributed by atoms with E-state index in [1.165, 1.54) is 0 Å². The highest BCUT2D eigenvalue weighted by molar-refractivity contribution is 5.97. The highest BCUT2D eigenvalue weighted by Gasteiger charge is 2.49. The summed E-state index contributed by atoms with van der Waals surface area (Å²) < 4.78 is 0. The van der Waals surface area contributed by atoms with Gasteiger partial charge < -0.3 is 21.7 Å². The van der Waals surface area contributed by atoms with Crippen LogP contribution in [0.4, 0.5) is 0 Å². The number of piperidine rings is 1. The van der Waals surface area contributed by atoms with Crippen LogP contribution < -0.4 is 21.7 Å². The number of carbonyl (C=O) groups is 3. The van der Waals surface area contributed by atoms with E-state index in [0.717, 1.165) is 12.0 Å². The lowest BCUT2D eigenvalue weighted by atomic mass is 9.75. The summed E-state index contributed by atoms with van der Waals surface area (Å²) in [5, 5.41) is 9.01. The Kier molecular flexibility index (Phi) is 5.27. The quantitative estimate of drug-likeness (QED) is 0.573. The van der Waals surface area contributed by atoms with Crippen molar-refractivity contribution in [1.29, 1.82) is 0 Å². The van der Waals surface area contributed by atoms with E-state index < -0.39 is 17.0 Å². The molecule has 0 bridgehead atoms. The van der Waals surface area contributed by atoms with E-state index in [0.29, 0.717) is 38.8 Å². The van der Waals surface area contributed by atoms with Gasteiger partial charge in [-0.3, -0.25) is 14.4 Å². The lowest BCUT2D eigenvalue weighted by molar-refractivity contribution is -0.141. The second-order valence-electron chi connectivity index (χ2n) is 7.30. The second-order valence-corrected chi connectivity index (χ2v) is 7.30. The first-order valence-corrected chi connectivity index (χ1v) is 9.14. The van der Waals surface area contributed by atoms with Crippen LogP contribution in [0.3, 0.4) is 0 Å². The number of primary amides is 1. The minimum absolute atomic E-state index is 0.199. The number of nitrogens with one attached hydrogen (secondary N) is 3. The molecule has 140 valence electrons. The Labute approximate surface area is 153 Å². The van der Waals surface area contributed by atoms with Crippen LogP contribution in [-0.4, -0.2) is 41.9 Å². The summed E-state index contributed by atoms with van der Waals surface area (Å²) in [5.74, 6) is -1.01. The molecule has 1 saturated carbocycles. The summed E-state index contributed by atoms with van der Waals surface area (Å²) >= 11 is 0. The standard InChI is InChI=1S/C19H26N4O3/c20-16(25)18(7-4-8-18)23-17(26)19(9-11-21-12-10-19)22-15(24)13-14-5-2-1-3-6-14/h1-3,5-6,21H,4,7-13H2,(H2,20,25)(H,22,24)(H,23,26). The first-order valence-electron chi connectivity index (χ1n) is 9.14. The summed E-state index contributed by atoms with van der Waals surface area (Å²) in [6.45, 7) is 1.26. The SMILES string of the molecule is NC(=O)C1(NC(=O)C2(NC(=O)Cc3ccccc3)CCNCC2)CCC1. The Morgan fingerprint density at radius 2 is 1.62 bits per heavy atom. The Morgan fingerprint density at radius 3 is 2.15 bits per heavy atom. The average Bonchev–Trinajstić information content (AvgIpc) is 2.59. The molecule has 0 radical (unpaired) electrons. The van der Waals surface area contributed by atoms with E-state index in [4.69, 9.17) is 5.73 Å². The average molecular weight is 358 g/mol. The van der Waals surface area contributed by atoms with Gasteiger partial charge in [-0.15, -0.1) is 0 Å². The highest BCUT2D eigenvalue weighted by Crippen LogP contribution is 2.33. The minimum atomic E-state index is -1.00. The molecule has 2 fully saturated rings. The molecule has 0 aromatic heterocycles. The summed E-state index contributed by atoms with van der Waals surface area (Å²) in [4.78, 5) is 37.4. The maximum atomic E-state index is 13.1. The third-order valence-corrected chi connectivity index (χ3v) is 5.51. The third-order valence-electron chi connectivity index (χ3n) is 5.51. The maximum Gasteiger partial charge on any atom is 0.246 e. The monoisotopic (exact) mass is 358 g/mol. The zero-order valence-corrected chi connectivity index (χ0v) is 14.8. The van der Waals surface area contributed by atoms with Gasteiger partial charge in [0.25, 0.3) is 0 Å². The highest BCUT2D eigenvalue weighted by atomic mass is 16.2. The number of hydrogen-bond donors (Lipinski definition) is 4. The molecule has 3 rings (SSSR count). The van der Waals surface area contributed by atoms with Crippen molar-refractivity contribution in [2.75, 3.05) is 13.1 Å². The van der Waals surface area contributed by atoms with Crippen molar-refractivity contribution in [2.24, 2.45) is 5.73 Å². The van der Waals surface area contributed by atoms with Crippen molar-refractivity contribution >= 4 is 17.7 Å². The molecular weight excluding hydrogens is 332 g/mol.